The third kappa shape index (κ3) is 3.48. The molecule has 0 saturated carbocycles. The molecule has 1 unspecified atom stereocenters. The Bertz CT molecular complexity index is 895. The zero-order chi connectivity index (χ0) is 18.1. The van der Waals surface area contributed by atoms with Gasteiger partial charge >= 0.3 is 0 Å². The van der Waals surface area contributed by atoms with E-state index in [2.05, 4.69) is 24.9 Å². The van der Waals surface area contributed by atoms with Gasteiger partial charge in [-0.2, -0.15) is 15.0 Å². The Balaban J connectivity index is 2.13. The second-order valence-electron chi connectivity index (χ2n) is 5.23. The molecule has 1 atom stereocenters. The van der Waals surface area contributed by atoms with E-state index in [0.29, 0.717) is 5.82 Å². The molecule has 0 radical (unpaired) electrons. The highest BCUT2D eigenvalue weighted by atomic mass is 35.5. The number of hydrogen-bond donors (Lipinski definition) is 1. The smallest absolute Gasteiger partial charge is 0.237 e. The summed E-state index contributed by atoms with van der Waals surface area (Å²) in [6.07, 6.45) is 4.15. The topological polar surface area (TPSA) is 98.6 Å². The maximum absolute atomic E-state index is 14.2. The molecular weight excluding hydrogens is 354 g/mol. The van der Waals surface area contributed by atoms with E-state index < -0.39 is 17.7 Å². The van der Waals surface area contributed by atoms with Crippen LogP contribution in [0.4, 0.5) is 26.5 Å². The first-order chi connectivity index (χ1) is 11.8. The molecule has 11 heteroatoms. The minimum Gasteiger partial charge on any atom is -0.368 e. The number of nitrogens with two attached hydrogens (primary N) is 1. The van der Waals surface area contributed by atoms with Crippen LogP contribution in [0.25, 0.3) is 0 Å². The molecule has 0 aliphatic carbocycles. The van der Waals surface area contributed by atoms with Crippen molar-refractivity contribution in [2.75, 3.05) is 10.6 Å². The Hall–Kier alpha value is -2.88. The van der Waals surface area contributed by atoms with Crippen LogP contribution in [0.2, 0.25) is 5.28 Å². The molecule has 0 fully saturated rings. The van der Waals surface area contributed by atoms with Gasteiger partial charge < -0.3 is 10.3 Å². The Morgan fingerprint density at radius 3 is 2.60 bits per heavy atom. The van der Waals surface area contributed by atoms with Gasteiger partial charge in [-0.25, -0.2) is 13.8 Å². The molecule has 25 heavy (non-hydrogen) atoms. The van der Waals surface area contributed by atoms with Gasteiger partial charge in [-0.1, -0.05) is 0 Å². The number of nitrogens with zero attached hydrogens (tertiary/aromatic N) is 7. The molecule has 0 aromatic carbocycles. The van der Waals surface area contributed by atoms with Crippen LogP contribution in [0.15, 0.2) is 24.8 Å². The standard InChI is InChI=1S/C14H13ClF2N8/c1-7(11-9(17)3-8(16)4-19-11)25(10-5-24(2)6-20-10)14-22-12(15)21-13(18)23-14/h3-7H,1-2H3,(H2,18,21,22,23). The zero-order valence-corrected chi connectivity index (χ0v) is 14.0. The Morgan fingerprint density at radius 1 is 1.24 bits per heavy atom. The van der Waals surface area contributed by atoms with E-state index in [0.717, 1.165) is 12.3 Å². The van der Waals surface area contributed by atoms with Crippen LogP contribution in [0, 0.1) is 11.6 Å². The minimum absolute atomic E-state index is 0.0119. The molecule has 2 N–H and O–H groups in total. The van der Waals surface area contributed by atoms with Crippen molar-refractivity contribution < 1.29 is 8.78 Å². The first-order valence-electron chi connectivity index (χ1n) is 7.10. The van der Waals surface area contributed by atoms with Gasteiger partial charge in [0.25, 0.3) is 0 Å². The van der Waals surface area contributed by atoms with Crippen LogP contribution >= 0.6 is 11.6 Å². The van der Waals surface area contributed by atoms with Gasteiger partial charge in [-0.05, 0) is 18.5 Å². The lowest BCUT2D eigenvalue weighted by Gasteiger charge is -2.27. The molecule has 3 rings (SSSR count). The van der Waals surface area contributed by atoms with E-state index in [1.54, 1.807) is 31.1 Å². The second-order valence-corrected chi connectivity index (χ2v) is 5.56. The molecule has 0 amide bonds. The normalized spacial score (nSPS) is 12.2. The predicted octanol–water partition coefficient (Wildman–Crippen LogP) is 2.41. The van der Waals surface area contributed by atoms with Gasteiger partial charge in [0.2, 0.25) is 17.2 Å². The molecule has 0 aliphatic rings. The molecule has 8 nitrogen and oxygen atoms in total. The average molecular weight is 367 g/mol. The van der Waals surface area contributed by atoms with Crippen molar-refractivity contribution in [2.45, 2.75) is 13.0 Å². The van der Waals surface area contributed by atoms with Crippen molar-refractivity contribution in [3.8, 4) is 0 Å². The molecule has 3 aromatic rings. The molecular formula is C14H13ClF2N8. The third-order valence-corrected chi connectivity index (χ3v) is 3.56. The van der Waals surface area contributed by atoms with Crippen LogP contribution in [0.1, 0.15) is 18.7 Å². The molecule has 3 aromatic heterocycles. The number of aromatic nitrogens is 6. The number of halogens is 3. The highest BCUT2D eigenvalue weighted by molar-refractivity contribution is 6.28. The fraction of sp³-hybridized carbons (Fsp3) is 0.214. The van der Waals surface area contributed by atoms with Crippen molar-refractivity contribution >= 4 is 29.3 Å². The van der Waals surface area contributed by atoms with Crippen molar-refractivity contribution in [3.63, 3.8) is 0 Å². The van der Waals surface area contributed by atoms with Crippen LogP contribution in [-0.4, -0.2) is 29.5 Å². The predicted molar refractivity (Wildman–Crippen MR) is 87.2 cm³/mol. The highest BCUT2D eigenvalue weighted by Gasteiger charge is 2.27. The number of nitrogen functional groups attached to an aromatic ring is 1. The van der Waals surface area contributed by atoms with E-state index in [-0.39, 0.29) is 22.9 Å². The zero-order valence-electron chi connectivity index (χ0n) is 13.2. The third-order valence-electron chi connectivity index (χ3n) is 3.39. The van der Waals surface area contributed by atoms with Gasteiger partial charge in [0.15, 0.2) is 5.82 Å². The summed E-state index contributed by atoms with van der Waals surface area (Å²) >= 11 is 5.86. The van der Waals surface area contributed by atoms with Crippen LogP contribution < -0.4 is 10.6 Å². The highest BCUT2D eigenvalue weighted by Crippen LogP contribution is 2.32. The summed E-state index contributed by atoms with van der Waals surface area (Å²) in [5.41, 5.74) is 5.62. The summed E-state index contributed by atoms with van der Waals surface area (Å²) in [6, 6.07) is 0.0258. The second kappa shape index (κ2) is 6.55. The summed E-state index contributed by atoms with van der Waals surface area (Å²) in [4.78, 5) is 21.3. The van der Waals surface area contributed by atoms with Crippen LogP contribution in [0.3, 0.4) is 0 Å². The average Bonchev–Trinajstić information content (AvgIpc) is 2.92. The van der Waals surface area contributed by atoms with E-state index in [1.807, 2.05) is 0 Å². The molecule has 130 valence electrons. The molecule has 0 bridgehead atoms. The molecule has 0 saturated heterocycles. The van der Waals surface area contributed by atoms with Gasteiger partial charge in [0, 0.05) is 19.3 Å². The van der Waals surface area contributed by atoms with Crippen LogP contribution in [0.5, 0.6) is 0 Å². The number of rotatable bonds is 4. The largest absolute Gasteiger partial charge is 0.368 e. The number of aryl methyl sites for hydroxylation is 1. The number of imidazole rings is 1. The van der Waals surface area contributed by atoms with Gasteiger partial charge in [0.1, 0.15) is 11.6 Å². The monoisotopic (exact) mass is 366 g/mol. The summed E-state index contributed by atoms with van der Waals surface area (Å²) in [7, 11) is 1.77. The summed E-state index contributed by atoms with van der Waals surface area (Å²) in [5, 5.41) is -0.122. The van der Waals surface area contributed by atoms with Crippen molar-refractivity contribution in [2.24, 2.45) is 7.05 Å². The maximum atomic E-state index is 14.2. The SMILES string of the molecule is CC(c1ncc(F)cc1F)N(c1cn(C)cn1)c1nc(N)nc(Cl)n1. The lowest BCUT2D eigenvalue weighted by molar-refractivity contribution is 0.540. The Morgan fingerprint density at radius 2 is 2.00 bits per heavy atom. The van der Waals surface area contributed by atoms with Gasteiger partial charge in [0.05, 0.1) is 24.3 Å². The Kier molecular flexibility index (Phi) is 4.45. The molecule has 0 spiro atoms. The lowest BCUT2D eigenvalue weighted by Crippen LogP contribution is -2.26. The molecule has 0 aliphatic heterocycles. The van der Waals surface area contributed by atoms with Crippen molar-refractivity contribution in [1.82, 2.24) is 29.5 Å². The van der Waals surface area contributed by atoms with Gasteiger partial charge in [-0.3, -0.25) is 9.88 Å². The fourth-order valence-electron chi connectivity index (χ4n) is 2.31. The minimum atomic E-state index is -0.804. The Labute approximate surface area is 146 Å². The lowest BCUT2D eigenvalue weighted by atomic mass is 10.1. The fourth-order valence-corrected chi connectivity index (χ4v) is 2.48. The van der Waals surface area contributed by atoms with Crippen LogP contribution in [-0.2, 0) is 7.05 Å². The summed E-state index contributed by atoms with van der Waals surface area (Å²) in [5.74, 6) is -1.21. The van der Waals surface area contributed by atoms with E-state index >= 15 is 0 Å². The van der Waals surface area contributed by atoms with E-state index in [4.69, 9.17) is 17.3 Å². The van der Waals surface area contributed by atoms with E-state index in [1.165, 1.54) is 4.90 Å². The summed E-state index contributed by atoms with van der Waals surface area (Å²) in [6.45, 7) is 1.64. The number of hydrogen-bond acceptors (Lipinski definition) is 7. The van der Waals surface area contributed by atoms with Crippen molar-refractivity contribution in [1.29, 1.82) is 0 Å². The maximum Gasteiger partial charge on any atom is 0.237 e. The number of anilines is 3. The number of pyridine rings is 1. The van der Waals surface area contributed by atoms with Crippen molar-refractivity contribution in [3.05, 3.63) is 47.4 Å². The van der Waals surface area contributed by atoms with E-state index in [9.17, 15) is 8.78 Å². The van der Waals surface area contributed by atoms with Gasteiger partial charge in [-0.15, -0.1) is 0 Å². The molecule has 3 heterocycles. The summed E-state index contributed by atoms with van der Waals surface area (Å²) < 4.78 is 29.1. The first kappa shape index (κ1) is 17.0. The first-order valence-corrected chi connectivity index (χ1v) is 7.48. The quantitative estimate of drug-likeness (QED) is 0.756.